The maximum Gasteiger partial charge on any atom is 0.249 e. The summed E-state index contributed by atoms with van der Waals surface area (Å²) in [6.07, 6.45) is 4.61. The van der Waals surface area contributed by atoms with Crippen molar-refractivity contribution >= 4 is 5.91 Å². The SMILES string of the molecule is CCC=C(C)C(=O)N1CCN(Cc2ccco2)CC1. The predicted octanol–water partition coefficient (Wildman–Crippen LogP) is 2.28. The number of hydrogen-bond donors (Lipinski definition) is 0. The van der Waals surface area contributed by atoms with E-state index in [0.29, 0.717) is 0 Å². The fourth-order valence-corrected chi connectivity index (χ4v) is 2.37. The molecule has 0 atom stereocenters. The zero-order chi connectivity index (χ0) is 13.7. The third-order valence-corrected chi connectivity index (χ3v) is 3.47. The summed E-state index contributed by atoms with van der Waals surface area (Å²) in [6, 6.07) is 3.90. The minimum Gasteiger partial charge on any atom is -0.468 e. The van der Waals surface area contributed by atoms with E-state index >= 15 is 0 Å². The lowest BCUT2D eigenvalue weighted by molar-refractivity contribution is -0.128. The fourth-order valence-electron chi connectivity index (χ4n) is 2.37. The van der Waals surface area contributed by atoms with E-state index < -0.39 is 0 Å². The molecule has 0 radical (unpaired) electrons. The standard InChI is InChI=1S/C15H22N2O2/c1-3-5-13(2)15(18)17-9-7-16(8-10-17)12-14-6-4-11-19-14/h4-6,11H,3,7-10,12H2,1-2H3. The molecule has 19 heavy (non-hydrogen) atoms. The molecule has 0 spiro atoms. The summed E-state index contributed by atoms with van der Waals surface area (Å²) in [5, 5.41) is 0. The Morgan fingerprint density at radius 1 is 1.37 bits per heavy atom. The molecule has 1 aromatic heterocycles. The number of nitrogens with zero attached hydrogens (tertiary/aromatic N) is 2. The molecule has 1 aliphatic heterocycles. The van der Waals surface area contributed by atoms with E-state index in [1.165, 1.54) is 0 Å². The topological polar surface area (TPSA) is 36.7 Å². The molecule has 4 nitrogen and oxygen atoms in total. The molecule has 0 aromatic carbocycles. The van der Waals surface area contributed by atoms with Crippen molar-refractivity contribution < 1.29 is 9.21 Å². The molecule has 0 N–H and O–H groups in total. The van der Waals surface area contributed by atoms with Gasteiger partial charge in [-0.25, -0.2) is 0 Å². The molecule has 1 saturated heterocycles. The summed E-state index contributed by atoms with van der Waals surface area (Å²) < 4.78 is 5.35. The lowest BCUT2D eigenvalue weighted by atomic mass is 10.2. The van der Waals surface area contributed by atoms with Crippen molar-refractivity contribution in [2.45, 2.75) is 26.8 Å². The summed E-state index contributed by atoms with van der Waals surface area (Å²) in [5.41, 5.74) is 0.863. The molecule has 1 aliphatic rings. The Labute approximate surface area is 114 Å². The number of rotatable bonds is 4. The van der Waals surface area contributed by atoms with Crippen molar-refractivity contribution in [3.8, 4) is 0 Å². The van der Waals surface area contributed by atoms with Gasteiger partial charge in [-0.3, -0.25) is 9.69 Å². The van der Waals surface area contributed by atoms with Crippen LogP contribution >= 0.6 is 0 Å². The van der Waals surface area contributed by atoms with E-state index in [1.54, 1.807) is 6.26 Å². The molecular formula is C15H22N2O2. The number of furan rings is 1. The molecule has 2 rings (SSSR count). The summed E-state index contributed by atoms with van der Waals surface area (Å²) in [7, 11) is 0. The summed E-state index contributed by atoms with van der Waals surface area (Å²) in [5.74, 6) is 1.17. The lowest BCUT2D eigenvalue weighted by Gasteiger charge is -2.34. The Balaban J connectivity index is 1.82. The van der Waals surface area contributed by atoms with Crippen LogP contribution in [0.25, 0.3) is 0 Å². The van der Waals surface area contributed by atoms with Gasteiger partial charge in [0.05, 0.1) is 12.8 Å². The fraction of sp³-hybridized carbons (Fsp3) is 0.533. The quantitative estimate of drug-likeness (QED) is 0.781. The Morgan fingerprint density at radius 3 is 2.68 bits per heavy atom. The van der Waals surface area contributed by atoms with Crippen LogP contribution in [0.15, 0.2) is 34.5 Å². The van der Waals surface area contributed by atoms with Crippen LogP contribution in [-0.4, -0.2) is 41.9 Å². The van der Waals surface area contributed by atoms with Crippen LogP contribution in [0, 0.1) is 0 Å². The molecule has 0 saturated carbocycles. The number of piperazine rings is 1. The third-order valence-electron chi connectivity index (χ3n) is 3.47. The van der Waals surface area contributed by atoms with Crippen molar-refractivity contribution in [3.63, 3.8) is 0 Å². The van der Waals surface area contributed by atoms with Crippen LogP contribution in [-0.2, 0) is 11.3 Å². The number of carbonyl (C=O) groups excluding carboxylic acids is 1. The van der Waals surface area contributed by atoms with Crippen molar-refractivity contribution in [1.29, 1.82) is 0 Å². The normalized spacial score (nSPS) is 17.8. The Morgan fingerprint density at radius 2 is 2.11 bits per heavy atom. The maximum atomic E-state index is 12.1. The van der Waals surface area contributed by atoms with E-state index in [1.807, 2.05) is 30.0 Å². The monoisotopic (exact) mass is 262 g/mol. The van der Waals surface area contributed by atoms with Gasteiger partial charge in [-0.05, 0) is 25.5 Å². The lowest BCUT2D eigenvalue weighted by Crippen LogP contribution is -2.48. The van der Waals surface area contributed by atoms with Gasteiger partial charge in [0.2, 0.25) is 5.91 Å². The molecule has 4 heteroatoms. The second kappa shape index (κ2) is 6.57. The van der Waals surface area contributed by atoms with Crippen LogP contribution < -0.4 is 0 Å². The largest absolute Gasteiger partial charge is 0.468 e. The highest BCUT2D eigenvalue weighted by Gasteiger charge is 2.22. The first-order valence-electron chi connectivity index (χ1n) is 6.91. The van der Waals surface area contributed by atoms with Gasteiger partial charge in [-0.2, -0.15) is 0 Å². The van der Waals surface area contributed by atoms with Crippen molar-refractivity contribution in [1.82, 2.24) is 9.80 Å². The van der Waals surface area contributed by atoms with Gasteiger partial charge in [-0.1, -0.05) is 13.0 Å². The molecule has 1 amide bonds. The molecular weight excluding hydrogens is 240 g/mol. The van der Waals surface area contributed by atoms with Crippen molar-refractivity contribution in [3.05, 3.63) is 35.8 Å². The van der Waals surface area contributed by atoms with Gasteiger partial charge in [0.1, 0.15) is 5.76 Å². The Kier molecular flexibility index (Phi) is 4.80. The summed E-state index contributed by atoms with van der Waals surface area (Å²) in [6.45, 7) is 8.21. The van der Waals surface area contributed by atoms with Crippen LogP contribution in [0.3, 0.4) is 0 Å². The van der Waals surface area contributed by atoms with Gasteiger partial charge in [-0.15, -0.1) is 0 Å². The smallest absolute Gasteiger partial charge is 0.249 e. The van der Waals surface area contributed by atoms with Crippen LogP contribution in [0.4, 0.5) is 0 Å². The zero-order valence-corrected chi connectivity index (χ0v) is 11.8. The van der Waals surface area contributed by atoms with Gasteiger partial charge < -0.3 is 9.32 Å². The van der Waals surface area contributed by atoms with E-state index in [4.69, 9.17) is 4.42 Å². The second-order valence-corrected chi connectivity index (χ2v) is 4.94. The number of allylic oxidation sites excluding steroid dienone is 1. The van der Waals surface area contributed by atoms with Gasteiger partial charge >= 0.3 is 0 Å². The van der Waals surface area contributed by atoms with Crippen LogP contribution in [0.2, 0.25) is 0 Å². The second-order valence-electron chi connectivity index (χ2n) is 4.94. The predicted molar refractivity (Wildman–Crippen MR) is 74.6 cm³/mol. The minimum atomic E-state index is 0.180. The average molecular weight is 262 g/mol. The highest BCUT2D eigenvalue weighted by atomic mass is 16.3. The van der Waals surface area contributed by atoms with E-state index in [9.17, 15) is 4.79 Å². The van der Waals surface area contributed by atoms with Gasteiger partial charge in [0.25, 0.3) is 0 Å². The molecule has 104 valence electrons. The zero-order valence-electron chi connectivity index (χ0n) is 11.8. The number of amides is 1. The molecule has 0 unspecified atom stereocenters. The average Bonchev–Trinajstić information content (AvgIpc) is 2.92. The summed E-state index contributed by atoms with van der Waals surface area (Å²) in [4.78, 5) is 16.4. The van der Waals surface area contributed by atoms with Crippen LogP contribution in [0.1, 0.15) is 26.0 Å². The highest BCUT2D eigenvalue weighted by molar-refractivity contribution is 5.92. The Bertz CT molecular complexity index is 429. The van der Waals surface area contributed by atoms with Crippen LogP contribution in [0.5, 0.6) is 0 Å². The number of carbonyl (C=O) groups is 1. The first-order chi connectivity index (χ1) is 9.20. The van der Waals surface area contributed by atoms with Crippen molar-refractivity contribution in [2.75, 3.05) is 26.2 Å². The summed E-state index contributed by atoms with van der Waals surface area (Å²) >= 11 is 0. The van der Waals surface area contributed by atoms with E-state index in [0.717, 1.165) is 50.5 Å². The first-order valence-corrected chi connectivity index (χ1v) is 6.91. The van der Waals surface area contributed by atoms with E-state index in [2.05, 4.69) is 11.8 Å². The number of hydrogen-bond acceptors (Lipinski definition) is 3. The third kappa shape index (κ3) is 3.70. The Hall–Kier alpha value is -1.55. The molecule has 0 aliphatic carbocycles. The molecule has 1 fully saturated rings. The molecule has 0 bridgehead atoms. The minimum absolute atomic E-state index is 0.180. The van der Waals surface area contributed by atoms with Gasteiger partial charge in [0.15, 0.2) is 0 Å². The van der Waals surface area contributed by atoms with Gasteiger partial charge in [0, 0.05) is 31.8 Å². The first kappa shape index (κ1) is 13.9. The van der Waals surface area contributed by atoms with Crippen molar-refractivity contribution in [2.24, 2.45) is 0 Å². The highest BCUT2D eigenvalue weighted by Crippen LogP contribution is 2.11. The van der Waals surface area contributed by atoms with E-state index in [-0.39, 0.29) is 5.91 Å². The molecule has 1 aromatic rings. The maximum absolute atomic E-state index is 12.1. The molecule has 2 heterocycles.